The maximum absolute atomic E-state index is 12.2. The molecule has 0 unspecified atom stereocenters. The van der Waals surface area contributed by atoms with Gasteiger partial charge in [0.25, 0.3) is 0 Å². The lowest BCUT2D eigenvalue weighted by Gasteiger charge is -2.32. The van der Waals surface area contributed by atoms with Gasteiger partial charge in [-0.3, -0.25) is 9.48 Å². The zero-order valence-electron chi connectivity index (χ0n) is 16.0. The Bertz CT molecular complexity index is 568. The molecule has 0 radical (unpaired) electrons. The van der Waals surface area contributed by atoms with Gasteiger partial charge in [0.05, 0.1) is 0 Å². The molecule has 1 aliphatic rings. The second-order valence-electron chi connectivity index (χ2n) is 7.86. The number of nitrogens with one attached hydrogen (secondary N) is 2. The standard InChI is InChI=1S/C18H31N5O3/c1-18(2,3)26-17(25)20-11-14-7-4-5-8-15(14)22-16(24)9-6-10-23-13-19-12-21-23/h12-15H,4-11H2,1-3H3,(H,20,25)(H,22,24)/t14-,15+/m1/s1. The minimum Gasteiger partial charge on any atom is -0.444 e. The first-order valence-corrected chi connectivity index (χ1v) is 9.42. The lowest BCUT2D eigenvalue weighted by molar-refractivity contribution is -0.122. The average molecular weight is 365 g/mol. The van der Waals surface area contributed by atoms with Crippen LogP contribution in [0.5, 0.6) is 0 Å². The van der Waals surface area contributed by atoms with Gasteiger partial charge < -0.3 is 15.4 Å². The minimum absolute atomic E-state index is 0.0549. The number of alkyl carbamates (subject to hydrolysis) is 1. The molecule has 0 aromatic carbocycles. The van der Waals surface area contributed by atoms with Gasteiger partial charge >= 0.3 is 6.09 Å². The van der Waals surface area contributed by atoms with Crippen molar-refractivity contribution < 1.29 is 14.3 Å². The smallest absolute Gasteiger partial charge is 0.407 e. The molecule has 1 saturated carbocycles. The summed E-state index contributed by atoms with van der Waals surface area (Å²) >= 11 is 0. The van der Waals surface area contributed by atoms with Crippen LogP contribution < -0.4 is 10.6 Å². The zero-order chi connectivity index (χ0) is 19.0. The Morgan fingerprint density at radius 2 is 2.04 bits per heavy atom. The summed E-state index contributed by atoms with van der Waals surface area (Å²) in [5.41, 5.74) is -0.506. The van der Waals surface area contributed by atoms with Crippen molar-refractivity contribution in [1.29, 1.82) is 0 Å². The summed E-state index contributed by atoms with van der Waals surface area (Å²) in [6.45, 7) is 6.74. The largest absolute Gasteiger partial charge is 0.444 e. The van der Waals surface area contributed by atoms with E-state index in [4.69, 9.17) is 4.74 Å². The van der Waals surface area contributed by atoms with Gasteiger partial charge in [-0.1, -0.05) is 12.8 Å². The van der Waals surface area contributed by atoms with Gasteiger partial charge in [-0.05, 0) is 46.0 Å². The number of rotatable bonds is 7. The number of nitrogens with zero attached hydrogens (tertiary/aromatic N) is 3. The average Bonchev–Trinajstić information content (AvgIpc) is 3.06. The molecule has 0 saturated heterocycles. The van der Waals surface area contributed by atoms with Crippen LogP contribution in [0.15, 0.2) is 12.7 Å². The van der Waals surface area contributed by atoms with Crippen molar-refractivity contribution in [2.75, 3.05) is 6.54 Å². The highest BCUT2D eigenvalue weighted by Crippen LogP contribution is 2.24. The van der Waals surface area contributed by atoms with Crippen LogP contribution in [-0.2, 0) is 16.1 Å². The molecule has 1 fully saturated rings. The van der Waals surface area contributed by atoms with E-state index in [1.165, 1.54) is 6.33 Å². The number of aromatic nitrogens is 3. The van der Waals surface area contributed by atoms with Crippen LogP contribution in [0.3, 0.4) is 0 Å². The molecule has 1 aromatic heterocycles. The highest BCUT2D eigenvalue weighted by atomic mass is 16.6. The van der Waals surface area contributed by atoms with Gasteiger partial charge in [0, 0.05) is 25.6 Å². The van der Waals surface area contributed by atoms with Gasteiger partial charge in [0.15, 0.2) is 0 Å². The van der Waals surface area contributed by atoms with Crippen LogP contribution >= 0.6 is 0 Å². The molecule has 2 amide bonds. The number of carbonyl (C=O) groups excluding carboxylic acids is 2. The predicted molar refractivity (Wildman–Crippen MR) is 97.4 cm³/mol. The van der Waals surface area contributed by atoms with Gasteiger partial charge in [0.1, 0.15) is 18.3 Å². The number of carbonyl (C=O) groups is 2. The number of hydrogen-bond acceptors (Lipinski definition) is 5. The van der Waals surface area contributed by atoms with E-state index < -0.39 is 11.7 Å². The number of amides is 2. The monoisotopic (exact) mass is 365 g/mol. The third-order valence-corrected chi connectivity index (χ3v) is 4.42. The zero-order valence-corrected chi connectivity index (χ0v) is 16.0. The van der Waals surface area contributed by atoms with Crippen LogP contribution in [0.2, 0.25) is 0 Å². The third-order valence-electron chi connectivity index (χ3n) is 4.42. The second-order valence-corrected chi connectivity index (χ2v) is 7.86. The molecule has 1 aliphatic carbocycles. The predicted octanol–water partition coefficient (Wildman–Crippen LogP) is 2.26. The van der Waals surface area contributed by atoms with E-state index in [9.17, 15) is 9.59 Å². The normalized spacial score (nSPS) is 20.4. The van der Waals surface area contributed by atoms with Crippen molar-refractivity contribution in [1.82, 2.24) is 25.4 Å². The lowest BCUT2D eigenvalue weighted by Crippen LogP contribution is -2.47. The van der Waals surface area contributed by atoms with E-state index in [1.807, 2.05) is 20.8 Å². The summed E-state index contributed by atoms with van der Waals surface area (Å²) in [6.07, 6.45) is 8.11. The van der Waals surface area contributed by atoms with E-state index in [2.05, 4.69) is 20.7 Å². The molecule has 8 heteroatoms. The van der Waals surface area contributed by atoms with E-state index in [-0.39, 0.29) is 17.9 Å². The second kappa shape index (κ2) is 9.54. The molecule has 0 spiro atoms. The maximum Gasteiger partial charge on any atom is 0.407 e. The fourth-order valence-electron chi connectivity index (χ4n) is 3.20. The van der Waals surface area contributed by atoms with Crippen molar-refractivity contribution in [3.8, 4) is 0 Å². The van der Waals surface area contributed by atoms with Gasteiger partial charge in [-0.2, -0.15) is 5.10 Å². The molecule has 26 heavy (non-hydrogen) atoms. The van der Waals surface area contributed by atoms with Crippen molar-refractivity contribution in [2.24, 2.45) is 5.92 Å². The molecule has 2 atom stereocenters. The molecule has 1 heterocycles. The van der Waals surface area contributed by atoms with Gasteiger partial charge in [-0.25, -0.2) is 9.78 Å². The topological polar surface area (TPSA) is 98.1 Å². The fourth-order valence-corrected chi connectivity index (χ4v) is 3.20. The minimum atomic E-state index is -0.506. The highest BCUT2D eigenvalue weighted by molar-refractivity contribution is 5.76. The molecule has 2 rings (SSSR count). The Morgan fingerprint density at radius 3 is 2.73 bits per heavy atom. The first kappa shape index (κ1) is 20.2. The Hall–Kier alpha value is -2.12. The van der Waals surface area contributed by atoms with Crippen molar-refractivity contribution >= 4 is 12.0 Å². The summed E-state index contributed by atoms with van der Waals surface area (Å²) in [5.74, 6) is 0.301. The Morgan fingerprint density at radius 1 is 1.27 bits per heavy atom. The van der Waals surface area contributed by atoms with Gasteiger partial charge in [-0.15, -0.1) is 0 Å². The molecule has 146 valence electrons. The molecule has 0 aliphatic heterocycles. The summed E-state index contributed by atoms with van der Waals surface area (Å²) in [4.78, 5) is 28.0. The van der Waals surface area contributed by atoms with E-state index >= 15 is 0 Å². The van der Waals surface area contributed by atoms with E-state index in [0.29, 0.717) is 19.5 Å². The van der Waals surface area contributed by atoms with Crippen LogP contribution in [0, 0.1) is 5.92 Å². The van der Waals surface area contributed by atoms with Crippen molar-refractivity contribution in [3.63, 3.8) is 0 Å². The lowest BCUT2D eigenvalue weighted by atomic mass is 9.84. The fraction of sp³-hybridized carbons (Fsp3) is 0.778. The SMILES string of the molecule is CC(C)(C)OC(=O)NC[C@H]1CCCC[C@@H]1NC(=O)CCCn1cncn1. The Labute approximate surface area is 155 Å². The van der Waals surface area contributed by atoms with E-state index in [1.54, 1.807) is 11.0 Å². The molecular formula is C18H31N5O3. The highest BCUT2D eigenvalue weighted by Gasteiger charge is 2.27. The maximum atomic E-state index is 12.2. The first-order chi connectivity index (χ1) is 12.3. The Balaban J connectivity index is 1.72. The summed E-state index contributed by atoms with van der Waals surface area (Å²) < 4.78 is 7.01. The van der Waals surface area contributed by atoms with Crippen LogP contribution in [0.25, 0.3) is 0 Å². The van der Waals surface area contributed by atoms with Crippen LogP contribution in [0.1, 0.15) is 59.3 Å². The first-order valence-electron chi connectivity index (χ1n) is 9.42. The van der Waals surface area contributed by atoms with Crippen LogP contribution in [0.4, 0.5) is 4.79 Å². The number of hydrogen-bond donors (Lipinski definition) is 2. The number of ether oxygens (including phenoxy) is 1. The van der Waals surface area contributed by atoms with Crippen molar-refractivity contribution in [3.05, 3.63) is 12.7 Å². The molecule has 2 N–H and O–H groups in total. The molecule has 8 nitrogen and oxygen atoms in total. The molecule has 1 aromatic rings. The van der Waals surface area contributed by atoms with Crippen LogP contribution in [-0.4, -0.2) is 45.0 Å². The molecular weight excluding hydrogens is 334 g/mol. The third kappa shape index (κ3) is 7.41. The van der Waals surface area contributed by atoms with Crippen molar-refractivity contribution in [2.45, 2.75) is 77.5 Å². The Kier molecular flexibility index (Phi) is 7.41. The van der Waals surface area contributed by atoms with Gasteiger partial charge in [0.2, 0.25) is 5.91 Å². The van der Waals surface area contributed by atoms with E-state index in [0.717, 1.165) is 32.1 Å². The quantitative estimate of drug-likeness (QED) is 0.772. The summed E-state index contributed by atoms with van der Waals surface area (Å²) in [6, 6.07) is 0.109. The number of aryl methyl sites for hydroxylation is 1. The summed E-state index contributed by atoms with van der Waals surface area (Å²) in [7, 11) is 0. The summed E-state index contributed by atoms with van der Waals surface area (Å²) in [5, 5.41) is 10.0. The molecule has 0 bridgehead atoms.